The van der Waals surface area contributed by atoms with E-state index in [4.69, 9.17) is 23.4 Å². The van der Waals surface area contributed by atoms with Gasteiger partial charge in [-0.2, -0.15) is 0 Å². The van der Waals surface area contributed by atoms with E-state index >= 15 is 0 Å². The average molecular weight is 995 g/mol. The standard InChI is InChI=1S/C60H90N4O8/c1-5-8-11-14-17-20-23-26-29-32-43-68-54-46-52(47-55(69-44-33-30-27-24-21-18-15-12-9-6-2)56(54)70-45-34-31-28-25-22-19-16-13-10-7-3)60-64-63-59(72-60)51-37-35-49(36-38-51)57(66)61-62-58(67)50-39-41-53(42-40-50)71-48(4)65/h35-42,46-47H,5-34,43-45H2,1-4H3,(H,61,66)(H,62,67). The van der Waals surface area contributed by atoms with Crippen molar-refractivity contribution in [3.8, 4) is 45.9 Å². The molecule has 4 aromatic rings. The number of rotatable bonds is 41. The summed E-state index contributed by atoms with van der Waals surface area (Å²) in [5, 5.41) is 8.86. The second-order valence-electron chi connectivity index (χ2n) is 19.4. The number of carbonyl (C=O) groups is 3. The van der Waals surface area contributed by atoms with E-state index in [2.05, 4.69) is 41.8 Å². The molecule has 1 heterocycles. The Morgan fingerprint density at radius 2 is 0.764 bits per heavy atom. The third-order valence-electron chi connectivity index (χ3n) is 13.0. The van der Waals surface area contributed by atoms with Gasteiger partial charge in [0, 0.05) is 29.2 Å². The van der Waals surface area contributed by atoms with E-state index < -0.39 is 17.8 Å². The van der Waals surface area contributed by atoms with Gasteiger partial charge in [0.2, 0.25) is 17.5 Å². The van der Waals surface area contributed by atoms with Crippen LogP contribution in [0.4, 0.5) is 0 Å². The second-order valence-corrected chi connectivity index (χ2v) is 19.4. The van der Waals surface area contributed by atoms with Gasteiger partial charge in [-0.25, -0.2) is 0 Å². The number of benzene rings is 3. The molecule has 0 aliphatic heterocycles. The van der Waals surface area contributed by atoms with Gasteiger partial charge in [0.15, 0.2) is 11.5 Å². The Balaban J connectivity index is 1.44. The summed E-state index contributed by atoms with van der Waals surface area (Å²) in [4.78, 5) is 36.9. The second kappa shape index (κ2) is 37.4. The quantitative estimate of drug-likeness (QED) is 0.0190. The van der Waals surface area contributed by atoms with Crippen molar-refractivity contribution < 1.29 is 37.7 Å². The maximum atomic E-state index is 13.0. The molecule has 3 aromatic carbocycles. The number of hydrogen-bond acceptors (Lipinski definition) is 10. The number of hydrogen-bond donors (Lipinski definition) is 2. The largest absolute Gasteiger partial charge is 0.490 e. The van der Waals surface area contributed by atoms with Crippen molar-refractivity contribution >= 4 is 17.8 Å². The zero-order valence-corrected chi connectivity index (χ0v) is 44.8. The Morgan fingerprint density at radius 3 is 1.14 bits per heavy atom. The third-order valence-corrected chi connectivity index (χ3v) is 13.0. The smallest absolute Gasteiger partial charge is 0.308 e. The number of aromatic nitrogens is 2. The molecule has 0 saturated heterocycles. The summed E-state index contributed by atoms with van der Waals surface area (Å²) in [5.41, 5.74) is 6.74. The summed E-state index contributed by atoms with van der Waals surface area (Å²) >= 11 is 0. The summed E-state index contributed by atoms with van der Waals surface area (Å²) in [6, 6.07) is 16.5. The monoisotopic (exact) mass is 995 g/mol. The molecule has 0 spiro atoms. The van der Waals surface area contributed by atoms with Gasteiger partial charge in [0.1, 0.15) is 5.75 Å². The zero-order valence-electron chi connectivity index (χ0n) is 44.8. The van der Waals surface area contributed by atoms with E-state index in [-0.39, 0.29) is 11.5 Å². The molecular weight excluding hydrogens is 905 g/mol. The lowest BCUT2D eigenvalue weighted by Gasteiger charge is -2.18. The van der Waals surface area contributed by atoms with Crippen LogP contribution >= 0.6 is 0 Å². The maximum Gasteiger partial charge on any atom is 0.308 e. The van der Waals surface area contributed by atoms with Crippen molar-refractivity contribution in [2.24, 2.45) is 0 Å². The van der Waals surface area contributed by atoms with Gasteiger partial charge in [-0.15, -0.1) is 10.2 Å². The molecule has 0 bridgehead atoms. The van der Waals surface area contributed by atoms with Gasteiger partial charge in [-0.1, -0.05) is 194 Å². The first-order chi connectivity index (χ1) is 35.3. The lowest BCUT2D eigenvalue weighted by atomic mass is 10.1. The average Bonchev–Trinajstić information content (AvgIpc) is 3.89. The van der Waals surface area contributed by atoms with Crippen LogP contribution in [0.2, 0.25) is 0 Å². The number of ether oxygens (including phenoxy) is 4. The van der Waals surface area contributed by atoms with Crippen molar-refractivity contribution in [1.29, 1.82) is 0 Å². The molecule has 12 nitrogen and oxygen atoms in total. The number of amides is 2. The predicted molar refractivity (Wildman–Crippen MR) is 290 cm³/mol. The fraction of sp³-hybridized carbons (Fsp3) is 0.617. The maximum absolute atomic E-state index is 13.0. The van der Waals surface area contributed by atoms with Crippen molar-refractivity contribution in [1.82, 2.24) is 21.0 Å². The first-order valence-corrected chi connectivity index (χ1v) is 28.2. The molecule has 12 heteroatoms. The van der Waals surface area contributed by atoms with E-state index in [1.807, 2.05) is 12.1 Å². The lowest BCUT2D eigenvalue weighted by molar-refractivity contribution is -0.131. The Kier molecular flexibility index (Phi) is 30.7. The van der Waals surface area contributed by atoms with Crippen LogP contribution in [0.3, 0.4) is 0 Å². The van der Waals surface area contributed by atoms with E-state index in [0.717, 1.165) is 38.5 Å². The summed E-state index contributed by atoms with van der Waals surface area (Å²) in [7, 11) is 0. The van der Waals surface area contributed by atoms with Gasteiger partial charge in [-0.3, -0.25) is 25.2 Å². The Labute approximate surface area is 432 Å². The van der Waals surface area contributed by atoms with Crippen LogP contribution in [0.5, 0.6) is 23.0 Å². The number of unbranched alkanes of at least 4 members (excludes halogenated alkanes) is 27. The minimum Gasteiger partial charge on any atom is -0.490 e. The highest BCUT2D eigenvalue weighted by molar-refractivity contribution is 5.99. The first-order valence-electron chi connectivity index (χ1n) is 28.2. The van der Waals surface area contributed by atoms with E-state index in [9.17, 15) is 14.4 Å². The van der Waals surface area contributed by atoms with Crippen molar-refractivity contribution in [3.05, 3.63) is 71.8 Å². The fourth-order valence-electron chi connectivity index (χ4n) is 8.68. The molecule has 72 heavy (non-hydrogen) atoms. The van der Waals surface area contributed by atoms with Crippen LogP contribution in [-0.2, 0) is 4.79 Å². The Morgan fingerprint density at radius 1 is 0.431 bits per heavy atom. The third kappa shape index (κ3) is 24.4. The van der Waals surface area contributed by atoms with Crippen molar-refractivity contribution in [2.45, 2.75) is 220 Å². The Hall–Kier alpha value is -5.39. The molecule has 0 unspecified atom stereocenters. The zero-order chi connectivity index (χ0) is 51.3. The molecular formula is C60H90N4O8. The van der Waals surface area contributed by atoms with Gasteiger partial charge in [-0.05, 0) is 79.9 Å². The Bertz CT molecular complexity index is 2020. The van der Waals surface area contributed by atoms with Gasteiger partial charge in [0.25, 0.3) is 11.8 Å². The van der Waals surface area contributed by atoms with Gasteiger partial charge in [0.05, 0.1) is 19.8 Å². The van der Waals surface area contributed by atoms with Gasteiger partial charge < -0.3 is 23.4 Å². The summed E-state index contributed by atoms with van der Waals surface area (Å²) in [6.07, 6.45) is 37.4. The molecule has 398 valence electrons. The molecule has 0 fully saturated rings. The van der Waals surface area contributed by atoms with Crippen molar-refractivity contribution in [3.63, 3.8) is 0 Å². The molecule has 2 amide bonds. The van der Waals surface area contributed by atoms with Crippen LogP contribution in [0.25, 0.3) is 22.9 Å². The SMILES string of the molecule is CCCCCCCCCCCCOc1cc(-c2nnc(-c3ccc(C(=O)NNC(=O)c4ccc(OC(C)=O)cc4)cc3)o2)cc(OCCCCCCCCCCCC)c1OCCCCCCCCCCCC. The number of carbonyl (C=O) groups excluding carboxylic acids is 3. The van der Waals surface area contributed by atoms with Crippen molar-refractivity contribution in [2.75, 3.05) is 19.8 Å². The highest BCUT2D eigenvalue weighted by Crippen LogP contribution is 2.42. The van der Waals surface area contributed by atoms with Gasteiger partial charge >= 0.3 is 5.97 Å². The molecule has 1 aromatic heterocycles. The van der Waals surface area contributed by atoms with Crippen LogP contribution in [0, 0.1) is 0 Å². The topological polar surface area (TPSA) is 151 Å². The van der Waals surface area contributed by atoms with E-state index in [0.29, 0.717) is 65.4 Å². The normalized spacial score (nSPS) is 11.1. The highest BCUT2D eigenvalue weighted by Gasteiger charge is 2.21. The predicted octanol–water partition coefficient (Wildman–Crippen LogP) is 16.3. The number of nitrogens with zero attached hydrogens (tertiary/aromatic N) is 2. The number of nitrogens with one attached hydrogen (secondary N) is 2. The first kappa shape index (κ1) is 59.2. The molecule has 2 N–H and O–H groups in total. The number of hydrazine groups is 1. The molecule has 0 aliphatic rings. The van der Waals surface area contributed by atoms with E-state index in [1.54, 1.807) is 24.3 Å². The molecule has 0 radical (unpaired) electrons. The van der Waals surface area contributed by atoms with E-state index in [1.165, 1.54) is 185 Å². The van der Waals surface area contributed by atoms with Crippen LogP contribution in [0.1, 0.15) is 241 Å². The summed E-state index contributed by atoms with van der Waals surface area (Å²) in [5.74, 6) is 1.29. The van der Waals surface area contributed by atoms with Crippen LogP contribution in [0.15, 0.2) is 65.1 Å². The minimum absolute atomic E-state index is 0.279. The lowest BCUT2D eigenvalue weighted by Crippen LogP contribution is -2.41. The summed E-state index contributed by atoms with van der Waals surface area (Å²) < 4.78 is 31.1. The summed E-state index contributed by atoms with van der Waals surface area (Å²) in [6.45, 7) is 9.81. The highest BCUT2D eigenvalue weighted by atomic mass is 16.5. The van der Waals surface area contributed by atoms with Crippen LogP contribution in [-0.4, -0.2) is 47.8 Å². The molecule has 0 aliphatic carbocycles. The molecule has 4 rings (SSSR count). The number of esters is 1. The molecule has 0 atom stereocenters. The minimum atomic E-state index is -0.527. The fourth-order valence-corrected chi connectivity index (χ4v) is 8.68. The van der Waals surface area contributed by atoms with Crippen LogP contribution < -0.4 is 29.8 Å². The molecule has 0 saturated carbocycles.